The third-order valence-electron chi connectivity index (χ3n) is 2.33. The Balaban J connectivity index is 4.33. The summed E-state index contributed by atoms with van der Waals surface area (Å²) in [4.78, 5) is 33.3. The van der Waals surface area contributed by atoms with Gasteiger partial charge < -0.3 is 21.5 Å². The number of rotatable bonds is 8. The number of likely N-dealkylation sites (N-methyl/N-ethyl adjacent to an activating group) is 1. The highest BCUT2D eigenvalue weighted by atomic mass is 16.3. The van der Waals surface area contributed by atoms with Gasteiger partial charge in [-0.2, -0.15) is 0 Å². The molecule has 0 fully saturated rings. The molecule has 0 bridgehead atoms. The van der Waals surface area contributed by atoms with Crippen LogP contribution in [0.5, 0.6) is 0 Å². The second kappa shape index (κ2) is 7.75. The molecule has 0 saturated heterocycles. The molecule has 2 amide bonds. The quantitative estimate of drug-likeness (QED) is 0.390. The highest BCUT2D eigenvalue weighted by Gasteiger charge is 2.22. The van der Waals surface area contributed by atoms with E-state index in [0.717, 1.165) is 0 Å². The zero-order chi connectivity index (χ0) is 13.4. The van der Waals surface area contributed by atoms with Gasteiger partial charge in [-0.3, -0.25) is 14.4 Å². The number of Topliss-reactive ketones (excluding diaryl/α,β-unsaturated/α-hetero) is 1. The number of hydrogen-bond donors (Lipinski definition) is 4. The SMILES string of the molecule is CN[C@@H](CCC(N)=O)C(=O)N[C@H](CO)C(C)=O. The number of primary amides is 1. The molecule has 0 aliphatic heterocycles. The third-order valence-corrected chi connectivity index (χ3v) is 2.33. The number of ketones is 1. The minimum absolute atomic E-state index is 0.0722. The number of carbonyl (C=O) groups is 3. The lowest BCUT2D eigenvalue weighted by atomic mass is 10.1. The summed E-state index contributed by atoms with van der Waals surface area (Å²) in [6.07, 6.45) is 0.316. The van der Waals surface area contributed by atoms with Gasteiger partial charge in [0.15, 0.2) is 5.78 Å². The molecule has 2 atom stereocenters. The fraction of sp³-hybridized carbons (Fsp3) is 0.700. The molecule has 0 aromatic carbocycles. The fourth-order valence-electron chi connectivity index (χ4n) is 1.24. The van der Waals surface area contributed by atoms with Crippen LogP contribution in [0.25, 0.3) is 0 Å². The molecule has 0 saturated carbocycles. The first-order valence-corrected chi connectivity index (χ1v) is 5.29. The smallest absolute Gasteiger partial charge is 0.237 e. The molecule has 0 heterocycles. The van der Waals surface area contributed by atoms with E-state index in [2.05, 4.69) is 10.6 Å². The topological polar surface area (TPSA) is 122 Å². The maximum atomic E-state index is 11.7. The summed E-state index contributed by atoms with van der Waals surface area (Å²) in [6.45, 7) is 0.826. The number of carbonyl (C=O) groups excluding carboxylic acids is 3. The van der Waals surface area contributed by atoms with Crippen molar-refractivity contribution in [3.63, 3.8) is 0 Å². The maximum Gasteiger partial charge on any atom is 0.237 e. The molecule has 0 rings (SSSR count). The number of nitrogens with two attached hydrogens (primary N) is 1. The largest absolute Gasteiger partial charge is 0.394 e. The van der Waals surface area contributed by atoms with Crippen LogP contribution in [0, 0.1) is 0 Å². The molecule has 98 valence electrons. The van der Waals surface area contributed by atoms with E-state index in [1.54, 1.807) is 7.05 Å². The molecule has 0 spiro atoms. The van der Waals surface area contributed by atoms with Crippen molar-refractivity contribution in [3.05, 3.63) is 0 Å². The van der Waals surface area contributed by atoms with Crippen molar-refractivity contribution < 1.29 is 19.5 Å². The zero-order valence-electron chi connectivity index (χ0n) is 10.0. The first kappa shape index (κ1) is 15.5. The molecule has 7 nitrogen and oxygen atoms in total. The van der Waals surface area contributed by atoms with Gasteiger partial charge in [0.05, 0.1) is 12.6 Å². The van der Waals surface area contributed by atoms with Gasteiger partial charge in [0.25, 0.3) is 0 Å². The van der Waals surface area contributed by atoms with Crippen molar-refractivity contribution >= 4 is 17.6 Å². The summed E-state index contributed by atoms with van der Waals surface area (Å²) in [7, 11) is 1.56. The second-order valence-corrected chi connectivity index (χ2v) is 3.70. The molecule has 0 unspecified atom stereocenters. The summed E-state index contributed by atoms with van der Waals surface area (Å²) < 4.78 is 0. The van der Waals surface area contributed by atoms with Crippen LogP contribution in [0.4, 0.5) is 0 Å². The van der Waals surface area contributed by atoms with Crippen molar-refractivity contribution in [3.8, 4) is 0 Å². The Morgan fingerprint density at radius 1 is 1.29 bits per heavy atom. The van der Waals surface area contributed by atoms with E-state index in [-0.39, 0.29) is 18.6 Å². The van der Waals surface area contributed by atoms with Gasteiger partial charge >= 0.3 is 0 Å². The number of nitrogens with one attached hydrogen (secondary N) is 2. The van der Waals surface area contributed by atoms with E-state index in [0.29, 0.717) is 0 Å². The van der Waals surface area contributed by atoms with Gasteiger partial charge in [-0.05, 0) is 20.4 Å². The Hall–Kier alpha value is -1.47. The average Bonchev–Trinajstić information content (AvgIpc) is 2.25. The van der Waals surface area contributed by atoms with Gasteiger partial charge in [-0.1, -0.05) is 0 Å². The van der Waals surface area contributed by atoms with Crippen molar-refractivity contribution in [2.45, 2.75) is 31.8 Å². The van der Waals surface area contributed by atoms with Gasteiger partial charge in [-0.25, -0.2) is 0 Å². The van der Waals surface area contributed by atoms with E-state index in [9.17, 15) is 14.4 Å². The van der Waals surface area contributed by atoms with E-state index >= 15 is 0 Å². The molecule has 0 aromatic heterocycles. The summed E-state index contributed by atoms with van der Waals surface area (Å²) in [5.41, 5.74) is 4.98. The molecule has 0 aromatic rings. The van der Waals surface area contributed by atoms with Crippen molar-refractivity contribution in [2.24, 2.45) is 5.73 Å². The molecular formula is C10H19N3O4. The van der Waals surface area contributed by atoms with Gasteiger partial charge in [-0.15, -0.1) is 0 Å². The number of hydrogen-bond acceptors (Lipinski definition) is 5. The minimum atomic E-state index is -0.910. The number of amides is 2. The van der Waals surface area contributed by atoms with Crippen LogP contribution < -0.4 is 16.4 Å². The Morgan fingerprint density at radius 3 is 2.24 bits per heavy atom. The minimum Gasteiger partial charge on any atom is -0.394 e. The second-order valence-electron chi connectivity index (χ2n) is 3.70. The monoisotopic (exact) mass is 245 g/mol. The first-order valence-electron chi connectivity index (χ1n) is 5.29. The van der Waals surface area contributed by atoms with Crippen LogP contribution in [0.2, 0.25) is 0 Å². The lowest BCUT2D eigenvalue weighted by Crippen LogP contribution is -2.50. The summed E-state index contributed by atoms with van der Waals surface area (Å²) in [6, 6.07) is -1.53. The summed E-state index contributed by atoms with van der Waals surface area (Å²) >= 11 is 0. The third kappa shape index (κ3) is 5.98. The first-order chi connectivity index (χ1) is 7.92. The normalized spacial score (nSPS) is 13.8. The van der Waals surface area contributed by atoms with E-state index < -0.39 is 30.5 Å². The zero-order valence-corrected chi connectivity index (χ0v) is 10.0. The van der Waals surface area contributed by atoms with Crippen LogP contribution in [-0.4, -0.2) is 48.4 Å². The molecular weight excluding hydrogens is 226 g/mol. The Bertz CT molecular complexity index is 293. The molecule has 0 radical (unpaired) electrons. The van der Waals surface area contributed by atoms with E-state index in [4.69, 9.17) is 10.8 Å². The number of aliphatic hydroxyl groups is 1. The fourth-order valence-corrected chi connectivity index (χ4v) is 1.24. The van der Waals surface area contributed by atoms with Crippen LogP contribution in [0.3, 0.4) is 0 Å². The Morgan fingerprint density at radius 2 is 1.88 bits per heavy atom. The number of aliphatic hydroxyl groups excluding tert-OH is 1. The Kier molecular flexibility index (Phi) is 7.08. The van der Waals surface area contributed by atoms with Gasteiger partial charge in [0.1, 0.15) is 6.04 Å². The Labute approximate surface area is 99.7 Å². The lowest BCUT2D eigenvalue weighted by Gasteiger charge is -2.19. The van der Waals surface area contributed by atoms with Gasteiger partial charge in [0, 0.05) is 6.42 Å². The molecule has 0 aliphatic carbocycles. The van der Waals surface area contributed by atoms with Crippen LogP contribution in [0.1, 0.15) is 19.8 Å². The molecule has 7 heteroatoms. The van der Waals surface area contributed by atoms with Crippen molar-refractivity contribution in [1.82, 2.24) is 10.6 Å². The molecule has 5 N–H and O–H groups in total. The predicted octanol–water partition coefficient (Wildman–Crippen LogP) is -2.09. The lowest BCUT2D eigenvalue weighted by molar-refractivity contribution is -0.129. The van der Waals surface area contributed by atoms with Crippen molar-refractivity contribution in [1.29, 1.82) is 0 Å². The van der Waals surface area contributed by atoms with Crippen molar-refractivity contribution in [2.75, 3.05) is 13.7 Å². The van der Waals surface area contributed by atoms with Crippen LogP contribution >= 0.6 is 0 Å². The summed E-state index contributed by atoms with van der Waals surface area (Å²) in [5, 5.41) is 14.0. The highest BCUT2D eigenvalue weighted by Crippen LogP contribution is 1.98. The van der Waals surface area contributed by atoms with Crippen LogP contribution in [-0.2, 0) is 14.4 Å². The van der Waals surface area contributed by atoms with Crippen LogP contribution in [0.15, 0.2) is 0 Å². The standard InChI is InChI=1S/C10H19N3O4/c1-6(15)8(5-14)13-10(17)7(12-2)3-4-9(11)16/h7-8,12,14H,3-5H2,1-2H3,(H2,11,16)(H,13,17)/t7-,8+/m0/s1. The van der Waals surface area contributed by atoms with E-state index in [1.165, 1.54) is 6.92 Å². The van der Waals surface area contributed by atoms with Gasteiger partial charge in [0.2, 0.25) is 11.8 Å². The highest BCUT2D eigenvalue weighted by molar-refractivity contribution is 5.90. The maximum absolute atomic E-state index is 11.7. The average molecular weight is 245 g/mol. The predicted molar refractivity (Wildman–Crippen MR) is 61.0 cm³/mol. The molecule has 0 aliphatic rings. The molecule has 17 heavy (non-hydrogen) atoms. The van der Waals surface area contributed by atoms with E-state index in [1.807, 2.05) is 0 Å². The summed E-state index contributed by atoms with van der Waals surface area (Å²) in [5.74, 6) is -1.27.